The first-order valence-electron chi connectivity index (χ1n) is 3.84. The van der Waals surface area contributed by atoms with Gasteiger partial charge in [-0.05, 0) is 12.1 Å². The molecule has 2 aromatic rings. The van der Waals surface area contributed by atoms with Gasteiger partial charge in [0.25, 0.3) is 0 Å². The van der Waals surface area contributed by atoms with E-state index in [1.807, 2.05) is 29.1 Å². The molecule has 0 aliphatic heterocycles. The Labute approximate surface area is 80.8 Å². The predicted octanol–water partition coefficient (Wildman–Crippen LogP) is 2.62. The summed E-state index contributed by atoms with van der Waals surface area (Å²) in [5, 5.41) is 2.01. The van der Waals surface area contributed by atoms with Crippen LogP contribution in [0.2, 0.25) is 0 Å². The van der Waals surface area contributed by atoms with E-state index < -0.39 is 0 Å². The van der Waals surface area contributed by atoms with Crippen LogP contribution in [-0.4, -0.2) is 12.1 Å². The van der Waals surface area contributed by atoms with Crippen molar-refractivity contribution in [1.82, 2.24) is 4.98 Å². The Balaban J connectivity index is 2.41. The van der Waals surface area contributed by atoms with Crippen molar-refractivity contribution in [2.75, 3.05) is 7.11 Å². The monoisotopic (exact) mass is 190 g/mol. The summed E-state index contributed by atoms with van der Waals surface area (Å²) in [5.41, 5.74) is 3.87. The fourth-order valence-corrected chi connectivity index (χ4v) is 1.64. The summed E-state index contributed by atoms with van der Waals surface area (Å²) < 4.78 is 5.07. The summed E-state index contributed by atoms with van der Waals surface area (Å²) >= 11 is 1.59. The molecule has 2 nitrogen and oxygen atoms in total. The van der Waals surface area contributed by atoms with Gasteiger partial charge < -0.3 is 4.74 Å². The van der Waals surface area contributed by atoms with Gasteiger partial charge in [-0.2, -0.15) is 0 Å². The zero-order chi connectivity index (χ0) is 9.10. The molecule has 3 heteroatoms. The van der Waals surface area contributed by atoms with Crippen LogP contribution in [0.5, 0.6) is 5.75 Å². The topological polar surface area (TPSA) is 22.1 Å². The molecule has 65 valence electrons. The number of aromatic nitrogens is 1. The van der Waals surface area contributed by atoms with Crippen LogP contribution >= 0.6 is 11.3 Å². The lowest BCUT2D eigenvalue weighted by Gasteiger charge is -2.00. The first-order valence-corrected chi connectivity index (χ1v) is 4.79. The first kappa shape index (κ1) is 8.26. The highest BCUT2D eigenvalue weighted by Crippen LogP contribution is 2.22. The molecular formula is C10H8NOS. The fourth-order valence-electron chi connectivity index (χ4n) is 1.08. The largest absolute Gasteiger partial charge is 0.496 e. The van der Waals surface area contributed by atoms with Gasteiger partial charge in [0.15, 0.2) is 0 Å². The number of thiazole rings is 1. The number of ether oxygens (including phenoxy) is 1. The van der Waals surface area contributed by atoms with Crippen molar-refractivity contribution in [2.45, 2.75) is 0 Å². The summed E-state index contributed by atoms with van der Waals surface area (Å²) in [4.78, 5) is 4.21. The zero-order valence-corrected chi connectivity index (χ0v) is 7.97. The molecular weight excluding hydrogens is 182 g/mol. The minimum absolute atomic E-state index is 0.741. The van der Waals surface area contributed by atoms with Crippen molar-refractivity contribution in [1.29, 1.82) is 0 Å². The minimum Gasteiger partial charge on any atom is -0.496 e. The molecule has 1 radical (unpaired) electrons. The quantitative estimate of drug-likeness (QED) is 0.726. The lowest BCUT2D eigenvalue weighted by Crippen LogP contribution is -1.83. The maximum absolute atomic E-state index is 5.07. The molecule has 0 N–H and O–H groups in total. The molecule has 2 rings (SSSR count). The highest BCUT2D eigenvalue weighted by molar-refractivity contribution is 7.07. The average Bonchev–Trinajstić information content (AvgIpc) is 2.71. The number of rotatable bonds is 2. The van der Waals surface area contributed by atoms with Crippen molar-refractivity contribution >= 4 is 11.3 Å². The molecule has 0 unspecified atom stereocenters. The molecule has 0 aliphatic rings. The van der Waals surface area contributed by atoms with Gasteiger partial charge in [0.05, 0.1) is 18.3 Å². The third-order valence-electron chi connectivity index (χ3n) is 1.72. The number of methoxy groups -OCH3 is 1. The minimum atomic E-state index is 0.741. The Morgan fingerprint density at radius 3 is 3.15 bits per heavy atom. The van der Waals surface area contributed by atoms with Crippen molar-refractivity contribution in [3.05, 3.63) is 35.2 Å². The van der Waals surface area contributed by atoms with Crippen molar-refractivity contribution < 1.29 is 4.74 Å². The van der Waals surface area contributed by atoms with Gasteiger partial charge in [-0.1, -0.05) is 6.07 Å². The maximum Gasteiger partial charge on any atom is 0.127 e. The van der Waals surface area contributed by atoms with E-state index >= 15 is 0 Å². The van der Waals surface area contributed by atoms with Crippen LogP contribution < -0.4 is 4.74 Å². The standard InChI is InChI=1S/C10H8NOS/c1-12-9-4-2-3-8(5-9)10-6-13-7-11-10/h2-3,5-7H,1H3. The Kier molecular flexibility index (Phi) is 2.27. The van der Waals surface area contributed by atoms with Crippen LogP contribution in [0.25, 0.3) is 11.3 Å². The van der Waals surface area contributed by atoms with E-state index in [4.69, 9.17) is 4.74 Å². The second-order valence-electron chi connectivity index (χ2n) is 2.52. The third-order valence-corrected chi connectivity index (χ3v) is 2.31. The molecule has 0 aliphatic carbocycles. The summed E-state index contributed by atoms with van der Waals surface area (Å²) in [7, 11) is 1.64. The SMILES string of the molecule is COc1[c]ccc(-c2cscn2)c1. The molecule has 13 heavy (non-hydrogen) atoms. The Bertz CT molecular complexity index is 384. The van der Waals surface area contributed by atoms with E-state index in [0.717, 1.165) is 17.0 Å². The normalized spacial score (nSPS) is 9.92. The molecule has 0 saturated heterocycles. The summed E-state index contributed by atoms with van der Waals surface area (Å²) in [6.07, 6.45) is 0. The predicted molar refractivity (Wildman–Crippen MR) is 52.9 cm³/mol. The summed E-state index contributed by atoms with van der Waals surface area (Å²) in [6.45, 7) is 0. The van der Waals surface area contributed by atoms with E-state index in [-0.39, 0.29) is 0 Å². The highest BCUT2D eigenvalue weighted by atomic mass is 32.1. The maximum atomic E-state index is 5.07. The fraction of sp³-hybridized carbons (Fsp3) is 0.100. The van der Waals surface area contributed by atoms with E-state index in [1.54, 1.807) is 18.4 Å². The van der Waals surface area contributed by atoms with Crippen LogP contribution in [0, 0.1) is 6.07 Å². The second-order valence-corrected chi connectivity index (χ2v) is 3.24. The second kappa shape index (κ2) is 3.58. The highest BCUT2D eigenvalue weighted by Gasteiger charge is 2.00. The summed E-state index contributed by atoms with van der Waals surface area (Å²) in [6, 6.07) is 8.71. The average molecular weight is 190 g/mol. The third kappa shape index (κ3) is 1.70. The Morgan fingerprint density at radius 2 is 2.46 bits per heavy atom. The number of hydrogen-bond acceptors (Lipinski definition) is 3. The zero-order valence-electron chi connectivity index (χ0n) is 7.15. The van der Waals surface area contributed by atoms with E-state index in [9.17, 15) is 0 Å². The van der Waals surface area contributed by atoms with Crippen LogP contribution in [0.15, 0.2) is 29.1 Å². The first-order chi connectivity index (χ1) is 6.40. The van der Waals surface area contributed by atoms with Crippen LogP contribution in [0.3, 0.4) is 0 Å². The van der Waals surface area contributed by atoms with E-state index in [0.29, 0.717) is 0 Å². The van der Waals surface area contributed by atoms with E-state index in [2.05, 4.69) is 11.1 Å². The van der Waals surface area contributed by atoms with Gasteiger partial charge in [-0.25, -0.2) is 4.98 Å². The lowest BCUT2D eigenvalue weighted by atomic mass is 10.2. The molecule has 1 aromatic heterocycles. The van der Waals surface area contributed by atoms with Crippen molar-refractivity contribution in [2.24, 2.45) is 0 Å². The molecule has 0 bridgehead atoms. The van der Waals surface area contributed by atoms with Gasteiger partial charge in [-0.3, -0.25) is 0 Å². The van der Waals surface area contributed by atoms with Gasteiger partial charge in [0, 0.05) is 17.0 Å². The van der Waals surface area contributed by atoms with Gasteiger partial charge in [0.1, 0.15) is 5.75 Å². The molecule has 1 heterocycles. The Morgan fingerprint density at radius 1 is 1.54 bits per heavy atom. The lowest BCUT2D eigenvalue weighted by molar-refractivity contribution is 0.414. The number of benzene rings is 1. The molecule has 0 amide bonds. The van der Waals surface area contributed by atoms with Crippen LogP contribution in [0.4, 0.5) is 0 Å². The molecule has 0 fully saturated rings. The van der Waals surface area contributed by atoms with Crippen LogP contribution in [0.1, 0.15) is 0 Å². The number of nitrogens with zero attached hydrogens (tertiary/aromatic N) is 1. The smallest absolute Gasteiger partial charge is 0.127 e. The summed E-state index contributed by atoms with van der Waals surface area (Å²) in [5.74, 6) is 0.741. The molecule has 0 atom stereocenters. The Hall–Kier alpha value is -1.35. The van der Waals surface area contributed by atoms with Crippen LogP contribution in [-0.2, 0) is 0 Å². The van der Waals surface area contributed by atoms with Crippen molar-refractivity contribution in [3.63, 3.8) is 0 Å². The molecule has 0 saturated carbocycles. The van der Waals surface area contributed by atoms with Gasteiger partial charge >= 0.3 is 0 Å². The van der Waals surface area contributed by atoms with Gasteiger partial charge in [-0.15, -0.1) is 11.3 Å². The van der Waals surface area contributed by atoms with Gasteiger partial charge in [0.2, 0.25) is 0 Å². The molecule has 1 aromatic carbocycles. The number of hydrogen-bond donors (Lipinski definition) is 0. The molecule has 0 spiro atoms. The van der Waals surface area contributed by atoms with E-state index in [1.165, 1.54) is 0 Å². The van der Waals surface area contributed by atoms with Crippen molar-refractivity contribution in [3.8, 4) is 17.0 Å².